The van der Waals surface area contributed by atoms with E-state index in [9.17, 15) is 34.4 Å². The van der Waals surface area contributed by atoms with E-state index in [1.807, 2.05) is 0 Å². The molecule has 13 N–H and O–H groups in total. The molecule has 0 aliphatic carbocycles. The molecule has 18 heteroatoms. The molecule has 47 heavy (non-hydrogen) atoms. The number of nitro groups is 1. The highest BCUT2D eigenvalue weighted by Gasteiger charge is 2.30. The van der Waals surface area contributed by atoms with E-state index in [1.165, 1.54) is 41.3 Å². The standard InChI is InChI=1S/C29H41N11O7/c1-2-39(23(25(30)43)15-18-5-9-19(10-6-18)40(46)47)24(42)16-36-26(44)21(4-3-13-35-28(31)32)37-27(45)22(38-29(33)34)14-17-7-11-20(41)12-8-17/h5-12,21-23,41H,2-4,13-16H2,1H3,(H2,30,43)(H,36,44)(H,37,45)(H4,31,32,35)(H4,33,34,38)/t21-,22+,23-/m1/s1. The number of amides is 4. The van der Waals surface area contributed by atoms with Gasteiger partial charge >= 0.3 is 0 Å². The zero-order valence-electron chi connectivity index (χ0n) is 25.9. The number of hydrogen-bond donors (Lipinski definition) is 8. The van der Waals surface area contributed by atoms with Crippen LogP contribution in [0.3, 0.4) is 0 Å². The summed E-state index contributed by atoms with van der Waals surface area (Å²) in [6, 6.07) is 8.10. The van der Waals surface area contributed by atoms with Crippen molar-refractivity contribution in [2.24, 2.45) is 38.7 Å². The maximum Gasteiger partial charge on any atom is 0.269 e. The van der Waals surface area contributed by atoms with Crippen molar-refractivity contribution in [2.75, 3.05) is 19.6 Å². The van der Waals surface area contributed by atoms with E-state index >= 15 is 0 Å². The molecule has 0 saturated carbocycles. The Balaban J connectivity index is 2.19. The number of primary amides is 1. The fraction of sp³-hybridized carbons (Fsp3) is 0.379. The molecule has 0 heterocycles. The first-order chi connectivity index (χ1) is 22.2. The molecule has 0 spiro atoms. The van der Waals surface area contributed by atoms with Gasteiger partial charge in [0.25, 0.3) is 5.69 Å². The summed E-state index contributed by atoms with van der Waals surface area (Å²) in [5.41, 5.74) is 28.5. The molecule has 0 radical (unpaired) electrons. The van der Waals surface area contributed by atoms with E-state index in [0.29, 0.717) is 11.1 Å². The molecule has 0 aliphatic rings. The number of nitro benzene ring substituents is 1. The van der Waals surface area contributed by atoms with Gasteiger partial charge in [-0.05, 0) is 43.0 Å². The molecule has 0 saturated heterocycles. The summed E-state index contributed by atoms with van der Waals surface area (Å²) in [7, 11) is 0. The molecule has 2 aromatic carbocycles. The van der Waals surface area contributed by atoms with Crippen molar-refractivity contribution in [3.63, 3.8) is 0 Å². The molecule has 2 rings (SSSR count). The van der Waals surface area contributed by atoms with Crippen LogP contribution in [0.25, 0.3) is 0 Å². The maximum atomic E-state index is 13.3. The number of non-ortho nitro benzene ring substituents is 1. The molecule has 2 aromatic rings. The summed E-state index contributed by atoms with van der Waals surface area (Å²) >= 11 is 0. The smallest absolute Gasteiger partial charge is 0.269 e. The van der Waals surface area contributed by atoms with Crippen LogP contribution in [0.1, 0.15) is 30.9 Å². The number of nitrogens with one attached hydrogen (secondary N) is 2. The Labute approximate surface area is 270 Å². The molecule has 0 unspecified atom stereocenters. The summed E-state index contributed by atoms with van der Waals surface area (Å²) in [6.07, 6.45) is 0.365. The van der Waals surface area contributed by atoms with Crippen LogP contribution in [-0.2, 0) is 32.0 Å². The second-order valence-electron chi connectivity index (χ2n) is 10.4. The van der Waals surface area contributed by atoms with Crippen LogP contribution in [0.5, 0.6) is 5.75 Å². The number of nitrogens with zero attached hydrogens (tertiary/aromatic N) is 4. The molecule has 0 aromatic heterocycles. The van der Waals surface area contributed by atoms with Gasteiger partial charge in [0.05, 0.1) is 11.5 Å². The SMILES string of the molecule is CCN(C(=O)CNC(=O)[C@@H](CCCN=C(N)N)NC(=O)[C@H](Cc1ccc(O)cc1)N=C(N)N)[C@H](Cc1ccc([N+](=O)[O-])cc1)C(N)=O. The number of nitrogens with two attached hydrogens (primary N) is 5. The molecule has 254 valence electrons. The van der Waals surface area contributed by atoms with E-state index in [2.05, 4.69) is 20.6 Å². The molecular weight excluding hydrogens is 614 g/mol. The number of aliphatic imine (C=N–C) groups is 2. The topological polar surface area (TPSA) is 314 Å². The monoisotopic (exact) mass is 655 g/mol. The first kappa shape index (κ1) is 37.2. The number of aromatic hydroxyl groups is 1. The van der Waals surface area contributed by atoms with Gasteiger partial charge in [0.2, 0.25) is 23.6 Å². The number of guanidine groups is 2. The molecule has 0 aliphatic heterocycles. The lowest BCUT2D eigenvalue weighted by Gasteiger charge is -2.29. The summed E-state index contributed by atoms with van der Waals surface area (Å²) in [4.78, 5) is 71.6. The molecule has 18 nitrogen and oxygen atoms in total. The van der Waals surface area contributed by atoms with E-state index in [1.54, 1.807) is 19.1 Å². The molecule has 0 fully saturated rings. The fourth-order valence-corrected chi connectivity index (χ4v) is 4.57. The summed E-state index contributed by atoms with van der Waals surface area (Å²) in [5, 5.41) is 25.6. The minimum absolute atomic E-state index is 0.0163. The van der Waals surface area contributed by atoms with Crippen LogP contribution in [-0.4, -0.2) is 88.2 Å². The minimum Gasteiger partial charge on any atom is -0.508 e. The number of benzene rings is 2. The third kappa shape index (κ3) is 12.5. The minimum atomic E-state index is -1.16. The zero-order chi connectivity index (χ0) is 35.1. The molecule has 4 amide bonds. The van der Waals surface area contributed by atoms with Gasteiger partial charge in [0.1, 0.15) is 23.9 Å². The lowest BCUT2D eigenvalue weighted by molar-refractivity contribution is -0.384. The number of carbonyl (C=O) groups is 4. The van der Waals surface area contributed by atoms with Crippen LogP contribution in [0, 0.1) is 10.1 Å². The van der Waals surface area contributed by atoms with Gasteiger partial charge in [-0.15, -0.1) is 0 Å². The van der Waals surface area contributed by atoms with Crippen molar-refractivity contribution in [3.05, 3.63) is 69.8 Å². The summed E-state index contributed by atoms with van der Waals surface area (Å²) in [6.45, 7) is 1.29. The Bertz CT molecular complexity index is 1460. The third-order valence-corrected chi connectivity index (χ3v) is 6.91. The van der Waals surface area contributed by atoms with Crippen LogP contribution in [0.15, 0.2) is 58.5 Å². The highest BCUT2D eigenvalue weighted by atomic mass is 16.6. The van der Waals surface area contributed by atoms with Gasteiger partial charge in [-0.3, -0.25) is 34.3 Å². The van der Waals surface area contributed by atoms with Gasteiger partial charge in [0.15, 0.2) is 11.9 Å². The Morgan fingerprint density at radius 3 is 2.04 bits per heavy atom. The highest BCUT2D eigenvalue weighted by Crippen LogP contribution is 2.16. The predicted molar refractivity (Wildman–Crippen MR) is 173 cm³/mol. The predicted octanol–water partition coefficient (Wildman–Crippen LogP) is -1.92. The highest BCUT2D eigenvalue weighted by molar-refractivity contribution is 5.94. The van der Waals surface area contributed by atoms with Gasteiger partial charge in [-0.25, -0.2) is 4.99 Å². The number of phenolic OH excluding ortho intramolecular Hbond substituents is 1. The average molecular weight is 656 g/mol. The quantitative estimate of drug-likeness (QED) is 0.0288. The Kier molecular flexibility index (Phi) is 14.4. The summed E-state index contributed by atoms with van der Waals surface area (Å²) < 4.78 is 0. The summed E-state index contributed by atoms with van der Waals surface area (Å²) in [5.74, 6) is -3.34. The third-order valence-electron chi connectivity index (χ3n) is 6.91. The second kappa shape index (κ2) is 18.1. The number of likely N-dealkylation sites (N-methyl/N-ethyl adjacent to an activating group) is 1. The van der Waals surface area contributed by atoms with Gasteiger partial charge in [-0.2, -0.15) is 0 Å². The normalized spacial score (nSPS) is 12.4. The van der Waals surface area contributed by atoms with Crippen molar-refractivity contribution in [3.8, 4) is 5.75 Å². The van der Waals surface area contributed by atoms with Crippen molar-refractivity contribution >= 4 is 41.2 Å². The van der Waals surface area contributed by atoms with Gasteiger partial charge in [0, 0.05) is 38.1 Å². The van der Waals surface area contributed by atoms with Crippen LogP contribution in [0.2, 0.25) is 0 Å². The van der Waals surface area contributed by atoms with E-state index in [0.717, 1.165) is 0 Å². The first-order valence-corrected chi connectivity index (χ1v) is 14.5. The van der Waals surface area contributed by atoms with Gasteiger partial charge < -0.3 is 49.3 Å². The zero-order valence-corrected chi connectivity index (χ0v) is 25.9. The van der Waals surface area contributed by atoms with Crippen molar-refractivity contribution in [1.29, 1.82) is 0 Å². The number of hydrogen-bond acceptors (Lipinski definition) is 9. The van der Waals surface area contributed by atoms with Crippen molar-refractivity contribution < 1.29 is 29.2 Å². The number of rotatable bonds is 18. The van der Waals surface area contributed by atoms with Crippen molar-refractivity contribution in [2.45, 2.75) is 50.7 Å². The molecule has 0 bridgehead atoms. The van der Waals surface area contributed by atoms with Crippen LogP contribution >= 0.6 is 0 Å². The van der Waals surface area contributed by atoms with Gasteiger partial charge in [-0.1, -0.05) is 24.3 Å². The Morgan fingerprint density at radius 2 is 1.51 bits per heavy atom. The Morgan fingerprint density at radius 1 is 0.915 bits per heavy atom. The van der Waals surface area contributed by atoms with Crippen LogP contribution in [0.4, 0.5) is 5.69 Å². The lowest BCUT2D eigenvalue weighted by atomic mass is 10.0. The van der Waals surface area contributed by atoms with E-state index < -0.39 is 53.2 Å². The first-order valence-electron chi connectivity index (χ1n) is 14.5. The Hall–Kier alpha value is -5.94. The second-order valence-corrected chi connectivity index (χ2v) is 10.4. The van der Waals surface area contributed by atoms with E-state index in [-0.39, 0.29) is 62.1 Å². The van der Waals surface area contributed by atoms with Crippen LogP contribution < -0.4 is 39.3 Å². The maximum absolute atomic E-state index is 13.3. The molecule has 3 atom stereocenters. The van der Waals surface area contributed by atoms with Crippen molar-refractivity contribution in [1.82, 2.24) is 15.5 Å². The fourth-order valence-electron chi connectivity index (χ4n) is 4.57. The number of carbonyl (C=O) groups excluding carboxylic acids is 4. The van der Waals surface area contributed by atoms with E-state index in [4.69, 9.17) is 28.7 Å². The average Bonchev–Trinajstić information content (AvgIpc) is 3.01. The number of phenols is 1. The largest absolute Gasteiger partial charge is 0.508 e. The lowest BCUT2D eigenvalue weighted by Crippen LogP contribution is -2.54. The molecular formula is C29H41N11O7.